The van der Waals surface area contributed by atoms with E-state index in [1.807, 2.05) is 24.3 Å². The van der Waals surface area contributed by atoms with E-state index < -0.39 is 0 Å². The molecule has 4 rings (SSSR count). The van der Waals surface area contributed by atoms with Gasteiger partial charge in [-0.15, -0.1) is 11.3 Å². The molecule has 23 heavy (non-hydrogen) atoms. The van der Waals surface area contributed by atoms with Crippen molar-refractivity contribution in [3.8, 4) is 0 Å². The van der Waals surface area contributed by atoms with E-state index in [0.717, 1.165) is 19.5 Å². The Hall–Kier alpha value is -2.51. The number of pyridine rings is 1. The minimum absolute atomic E-state index is 0.0711. The highest BCUT2D eigenvalue weighted by atomic mass is 32.2. The molecule has 0 unspecified atom stereocenters. The Morgan fingerprint density at radius 1 is 1.09 bits per heavy atom. The standard InChI is InChI=1S/C16H9N3O2S2/c20-19(21)12-7-8-14(15-10(12)4-3-9-17-15)23-16-18-11-5-1-2-6-13(11)22-16/h1-9H. The van der Waals surface area contributed by atoms with Crippen molar-refractivity contribution in [2.24, 2.45) is 0 Å². The fourth-order valence-electron chi connectivity index (χ4n) is 2.36. The highest BCUT2D eigenvalue weighted by Gasteiger charge is 2.16. The van der Waals surface area contributed by atoms with Gasteiger partial charge in [-0.2, -0.15) is 0 Å². The smallest absolute Gasteiger partial charge is 0.258 e. The third kappa shape index (κ3) is 2.54. The Morgan fingerprint density at radius 3 is 2.78 bits per heavy atom. The first-order valence-corrected chi connectivity index (χ1v) is 8.41. The van der Waals surface area contributed by atoms with E-state index in [-0.39, 0.29) is 10.6 Å². The van der Waals surface area contributed by atoms with E-state index >= 15 is 0 Å². The molecule has 4 aromatic rings. The van der Waals surface area contributed by atoms with Crippen LogP contribution < -0.4 is 0 Å². The number of benzene rings is 2. The summed E-state index contributed by atoms with van der Waals surface area (Å²) in [5, 5.41) is 11.7. The molecule has 0 aliphatic carbocycles. The van der Waals surface area contributed by atoms with E-state index in [4.69, 9.17) is 0 Å². The van der Waals surface area contributed by atoms with Crippen molar-refractivity contribution >= 4 is 49.9 Å². The summed E-state index contributed by atoms with van der Waals surface area (Å²) in [6.07, 6.45) is 1.65. The van der Waals surface area contributed by atoms with Crippen molar-refractivity contribution in [3.05, 3.63) is 64.8 Å². The molecule has 0 saturated heterocycles. The predicted octanol–water partition coefficient (Wildman–Crippen LogP) is 4.90. The number of nitro benzene ring substituents is 1. The summed E-state index contributed by atoms with van der Waals surface area (Å²) in [6.45, 7) is 0. The lowest BCUT2D eigenvalue weighted by atomic mass is 10.2. The first-order chi connectivity index (χ1) is 11.2. The maximum Gasteiger partial charge on any atom is 0.278 e. The van der Waals surface area contributed by atoms with Gasteiger partial charge in [0.2, 0.25) is 0 Å². The summed E-state index contributed by atoms with van der Waals surface area (Å²) >= 11 is 3.09. The quantitative estimate of drug-likeness (QED) is 0.392. The summed E-state index contributed by atoms with van der Waals surface area (Å²) in [5.74, 6) is 0. The molecule has 112 valence electrons. The number of thiazole rings is 1. The van der Waals surface area contributed by atoms with Crippen molar-refractivity contribution in [1.29, 1.82) is 0 Å². The summed E-state index contributed by atoms with van der Waals surface area (Å²) in [6, 6.07) is 14.6. The first kappa shape index (κ1) is 14.1. The van der Waals surface area contributed by atoms with Crippen molar-refractivity contribution < 1.29 is 4.92 Å². The van der Waals surface area contributed by atoms with Crippen LogP contribution in [0.2, 0.25) is 0 Å². The summed E-state index contributed by atoms with van der Waals surface area (Å²) in [5.41, 5.74) is 1.66. The average Bonchev–Trinajstić information content (AvgIpc) is 2.97. The normalized spacial score (nSPS) is 11.1. The van der Waals surface area contributed by atoms with E-state index in [2.05, 4.69) is 9.97 Å². The van der Waals surface area contributed by atoms with Crippen LogP contribution >= 0.6 is 23.1 Å². The zero-order chi connectivity index (χ0) is 15.8. The molecule has 2 aromatic heterocycles. The van der Waals surface area contributed by atoms with Gasteiger partial charge >= 0.3 is 0 Å². The monoisotopic (exact) mass is 339 g/mol. The van der Waals surface area contributed by atoms with Crippen LogP contribution in [0.5, 0.6) is 0 Å². The van der Waals surface area contributed by atoms with E-state index in [0.29, 0.717) is 10.9 Å². The Labute approximate surface area is 139 Å². The fraction of sp³-hybridized carbons (Fsp3) is 0. The minimum Gasteiger partial charge on any atom is -0.258 e. The zero-order valence-corrected chi connectivity index (χ0v) is 13.3. The molecule has 0 amide bonds. The lowest BCUT2D eigenvalue weighted by Gasteiger charge is -2.04. The van der Waals surface area contributed by atoms with Crippen molar-refractivity contribution in [2.75, 3.05) is 0 Å². The van der Waals surface area contributed by atoms with Gasteiger partial charge in [-0.05, 0) is 30.3 Å². The molecule has 0 aliphatic rings. The molecule has 0 fully saturated rings. The van der Waals surface area contributed by atoms with Crippen molar-refractivity contribution in [2.45, 2.75) is 9.24 Å². The number of fused-ring (bicyclic) bond motifs is 2. The highest BCUT2D eigenvalue weighted by molar-refractivity contribution is 8.01. The van der Waals surface area contributed by atoms with Crippen molar-refractivity contribution in [1.82, 2.24) is 9.97 Å². The Balaban J connectivity index is 1.83. The molecule has 7 heteroatoms. The second-order valence-corrected chi connectivity index (χ2v) is 7.11. The molecule has 0 N–H and O–H groups in total. The number of rotatable bonds is 3. The van der Waals surface area contributed by atoms with Gasteiger partial charge in [0.15, 0.2) is 4.34 Å². The van der Waals surface area contributed by atoms with Crippen LogP contribution in [0.25, 0.3) is 21.1 Å². The molecule has 5 nitrogen and oxygen atoms in total. The lowest BCUT2D eigenvalue weighted by Crippen LogP contribution is -1.91. The lowest BCUT2D eigenvalue weighted by molar-refractivity contribution is -0.383. The van der Waals surface area contributed by atoms with E-state index in [1.165, 1.54) is 17.8 Å². The van der Waals surface area contributed by atoms with Crippen molar-refractivity contribution in [3.63, 3.8) is 0 Å². The van der Waals surface area contributed by atoms with E-state index in [9.17, 15) is 10.1 Å². The third-order valence-electron chi connectivity index (χ3n) is 3.38. The van der Waals surface area contributed by atoms with Crippen LogP contribution in [0.1, 0.15) is 0 Å². The van der Waals surface area contributed by atoms with Gasteiger partial charge in [0.25, 0.3) is 5.69 Å². The summed E-state index contributed by atoms with van der Waals surface area (Å²) < 4.78 is 2.01. The molecule has 0 atom stereocenters. The van der Waals surface area contributed by atoms with Gasteiger partial charge in [-0.1, -0.05) is 23.9 Å². The molecule has 0 saturated carbocycles. The van der Waals surface area contributed by atoms with Crippen LogP contribution in [0.3, 0.4) is 0 Å². The number of nitrogens with zero attached hydrogens (tertiary/aromatic N) is 3. The maximum absolute atomic E-state index is 11.2. The molecule has 0 radical (unpaired) electrons. The predicted molar refractivity (Wildman–Crippen MR) is 92.1 cm³/mol. The van der Waals surface area contributed by atoms with Gasteiger partial charge in [-0.3, -0.25) is 15.1 Å². The van der Waals surface area contributed by atoms with Gasteiger partial charge in [-0.25, -0.2) is 4.98 Å². The second-order valence-electron chi connectivity index (χ2n) is 4.79. The Morgan fingerprint density at radius 2 is 1.96 bits per heavy atom. The van der Waals surface area contributed by atoms with Crippen LogP contribution in [-0.4, -0.2) is 14.9 Å². The van der Waals surface area contributed by atoms with Gasteiger partial charge in [0.05, 0.1) is 26.0 Å². The number of nitro groups is 1. The van der Waals surface area contributed by atoms with Gasteiger partial charge in [0, 0.05) is 17.2 Å². The number of hydrogen-bond donors (Lipinski definition) is 0. The fourth-order valence-corrected chi connectivity index (χ4v) is 4.49. The molecule has 0 spiro atoms. The Kier molecular flexibility index (Phi) is 3.44. The molecule has 0 bridgehead atoms. The summed E-state index contributed by atoms with van der Waals surface area (Å²) in [7, 11) is 0. The zero-order valence-electron chi connectivity index (χ0n) is 11.7. The SMILES string of the molecule is O=[N+]([O-])c1ccc(Sc2nc3ccccc3s2)c2ncccc12. The molecule has 0 aliphatic heterocycles. The summed E-state index contributed by atoms with van der Waals surface area (Å²) in [4.78, 5) is 20.6. The Bertz CT molecular complexity index is 1010. The molecule has 2 heterocycles. The average molecular weight is 339 g/mol. The van der Waals surface area contributed by atoms with Crippen LogP contribution in [-0.2, 0) is 0 Å². The maximum atomic E-state index is 11.2. The third-order valence-corrected chi connectivity index (χ3v) is 5.52. The van der Waals surface area contributed by atoms with E-state index in [1.54, 1.807) is 35.7 Å². The number of para-hydroxylation sites is 1. The molecular formula is C16H9N3O2S2. The minimum atomic E-state index is -0.379. The van der Waals surface area contributed by atoms with Crippen LogP contribution in [0.15, 0.2) is 64.0 Å². The topological polar surface area (TPSA) is 68.9 Å². The number of non-ortho nitro benzene ring substituents is 1. The number of hydrogen-bond acceptors (Lipinski definition) is 6. The number of aromatic nitrogens is 2. The second kappa shape index (κ2) is 5.60. The first-order valence-electron chi connectivity index (χ1n) is 6.78. The van der Waals surface area contributed by atoms with Crippen LogP contribution in [0, 0.1) is 10.1 Å². The van der Waals surface area contributed by atoms with Gasteiger partial charge in [0.1, 0.15) is 0 Å². The highest BCUT2D eigenvalue weighted by Crippen LogP contribution is 2.39. The van der Waals surface area contributed by atoms with Gasteiger partial charge < -0.3 is 0 Å². The van der Waals surface area contributed by atoms with Crippen LogP contribution in [0.4, 0.5) is 5.69 Å². The molecule has 2 aromatic carbocycles. The molecular weight excluding hydrogens is 330 g/mol. The largest absolute Gasteiger partial charge is 0.278 e.